The molecular formula is C19H27BrN4O3S. The number of rotatable bonds is 4. The Bertz CT molecular complexity index is 833. The van der Waals surface area contributed by atoms with Crippen LogP contribution in [0.25, 0.3) is 0 Å². The van der Waals surface area contributed by atoms with E-state index in [1.807, 2.05) is 24.1 Å². The number of nitrogens with zero attached hydrogens (tertiary/aromatic N) is 4. The van der Waals surface area contributed by atoms with Gasteiger partial charge in [0.25, 0.3) is 10.2 Å². The maximum absolute atomic E-state index is 12.9. The summed E-state index contributed by atoms with van der Waals surface area (Å²) < 4.78 is 29.9. The highest BCUT2D eigenvalue weighted by atomic mass is 79.9. The van der Waals surface area contributed by atoms with Crippen LogP contribution in [0.4, 0.5) is 0 Å². The quantitative estimate of drug-likeness (QED) is 0.662. The molecule has 0 N–H and O–H groups in total. The molecule has 0 aromatic heterocycles. The first-order valence-electron chi connectivity index (χ1n) is 9.84. The van der Waals surface area contributed by atoms with Crippen molar-refractivity contribution >= 4 is 32.0 Å². The Morgan fingerprint density at radius 1 is 1.00 bits per heavy atom. The van der Waals surface area contributed by atoms with Gasteiger partial charge in [-0.2, -0.15) is 17.0 Å². The second kappa shape index (κ2) is 8.02. The molecule has 1 saturated carbocycles. The SMILES string of the molecule is CN1CCN(S(=O)(=O)N2CCN(C(=O)C3CC3c3cccc(Br)c3)CC2)CC1. The van der Waals surface area contributed by atoms with E-state index < -0.39 is 10.2 Å². The monoisotopic (exact) mass is 470 g/mol. The molecule has 3 fully saturated rings. The van der Waals surface area contributed by atoms with Crippen molar-refractivity contribution in [2.75, 3.05) is 59.4 Å². The minimum atomic E-state index is -3.42. The summed E-state index contributed by atoms with van der Waals surface area (Å²) in [6.07, 6.45) is 0.884. The molecule has 0 radical (unpaired) electrons. The van der Waals surface area contributed by atoms with Crippen LogP contribution in [0.3, 0.4) is 0 Å². The standard InChI is InChI=1S/C19H27BrN4O3S/c1-21-5-9-23(10-6-21)28(26,27)24-11-7-22(8-12-24)19(25)18-14-17(18)15-3-2-4-16(20)13-15/h2-4,13,17-18H,5-12,14H2,1H3. The zero-order valence-electron chi connectivity index (χ0n) is 16.1. The smallest absolute Gasteiger partial charge is 0.282 e. The predicted molar refractivity (Wildman–Crippen MR) is 111 cm³/mol. The normalized spacial score (nSPS) is 27.7. The van der Waals surface area contributed by atoms with E-state index in [4.69, 9.17) is 0 Å². The predicted octanol–water partition coefficient (Wildman–Crippen LogP) is 1.19. The highest BCUT2D eigenvalue weighted by molar-refractivity contribution is 9.10. The summed E-state index contributed by atoms with van der Waals surface area (Å²) in [5.41, 5.74) is 1.20. The molecule has 2 heterocycles. The van der Waals surface area contributed by atoms with Crippen LogP contribution in [0.5, 0.6) is 0 Å². The molecule has 1 aromatic carbocycles. The minimum absolute atomic E-state index is 0.0371. The van der Waals surface area contributed by atoms with Gasteiger partial charge in [0.1, 0.15) is 0 Å². The van der Waals surface area contributed by atoms with E-state index in [0.29, 0.717) is 39.3 Å². The van der Waals surface area contributed by atoms with Crippen LogP contribution < -0.4 is 0 Å². The van der Waals surface area contributed by atoms with Crippen molar-refractivity contribution < 1.29 is 13.2 Å². The second-order valence-corrected chi connectivity index (χ2v) is 10.8. The number of likely N-dealkylation sites (N-methyl/N-ethyl adjacent to an activating group) is 1. The molecule has 4 rings (SSSR count). The molecule has 1 amide bonds. The number of benzene rings is 1. The third-order valence-corrected chi connectivity index (χ3v) is 8.58. The van der Waals surface area contributed by atoms with Gasteiger partial charge in [0.2, 0.25) is 5.91 Å². The van der Waals surface area contributed by atoms with E-state index in [9.17, 15) is 13.2 Å². The first kappa shape index (κ1) is 20.3. The fraction of sp³-hybridized carbons (Fsp3) is 0.632. The van der Waals surface area contributed by atoms with Crippen molar-refractivity contribution in [3.05, 3.63) is 34.3 Å². The van der Waals surface area contributed by atoms with E-state index in [1.165, 1.54) is 5.56 Å². The van der Waals surface area contributed by atoms with Crippen molar-refractivity contribution in [1.82, 2.24) is 18.4 Å². The molecule has 154 valence electrons. The first-order chi connectivity index (χ1) is 13.4. The number of carbonyl (C=O) groups excluding carboxylic acids is 1. The van der Waals surface area contributed by atoms with Gasteiger partial charge in [0.15, 0.2) is 0 Å². The third kappa shape index (κ3) is 4.14. The molecule has 2 aliphatic heterocycles. The van der Waals surface area contributed by atoms with Gasteiger partial charge in [-0.15, -0.1) is 0 Å². The molecule has 1 aliphatic carbocycles. The van der Waals surface area contributed by atoms with Crippen molar-refractivity contribution in [3.8, 4) is 0 Å². The molecule has 3 aliphatic rings. The van der Waals surface area contributed by atoms with Crippen molar-refractivity contribution in [3.63, 3.8) is 0 Å². The second-order valence-electron chi connectivity index (χ2n) is 7.94. The lowest BCUT2D eigenvalue weighted by Gasteiger charge is -2.39. The van der Waals surface area contributed by atoms with Gasteiger partial charge in [-0.3, -0.25) is 4.79 Å². The van der Waals surface area contributed by atoms with Gasteiger partial charge in [-0.1, -0.05) is 28.1 Å². The largest absolute Gasteiger partial charge is 0.340 e. The Morgan fingerprint density at radius 3 is 2.21 bits per heavy atom. The van der Waals surface area contributed by atoms with Gasteiger partial charge in [0, 0.05) is 62.7 Å². The van der Waals surface area contributed by atoms with Gasteiger partial charge < -0.3 is 9.80 Å². The topological polar surface area (TPSA) is 64.2 Å². The number of halogens is 1. The maximum Gasteiger partial charge on any atom is 0.282 e. The third-order valence-electron chi connectivity index (χ3n) is 6.05. The number of hydrogen-bond donors (Lipinski definition) is 0. The fourth-order valence-corrected chi connectivity index (χ4v) is 6.12. The van der Waals surface area contributed by atoms with E-state index in [-0.39, 0.29) is 17.7 Å². The van der Waals surface area contributed by atoms with Crippen LogP contribution >= 0.6 is 15.9 Å². The Kier molecular flexibility index (Phi) is 5.81. The lowest BCUT2D eigenvalue weighted by atomic mass is 10.1. The van der Waals surface area contributed by atoms with Crippen LogP contribution in [-0.2, 0) is 15.0 Å². The van der Waals surface area contributed by atoms with E-state index in [1.54, 1.807) is 8.61 Å². The summed E-state index contributed by atoms with van der Waals surface area (Å²) in [6.45, 7) is 4.32. The Hall–Kier alpha value is -1.00. The van der Waals surface area contributed by atoms with Gasteiger partial charge in [-0.25, -0.2) is 0 Å². The molecule has 1 aromatic rings. The van der Waals surface area contributed by atoms with Crippen LogP contribution in [0.15, 0.2) is 28.7 Å². The van der Waals surface area contributed by atoms with Gasteiger partial charge in [-0.05, 0) is 37.1 Å². The lowest BCUT2D eigenvalue weighted by molar-refractivity contribution is -0.133. The number of carbonyl (C=O) groups is 1. The van der Waals surface area contributed by atoms with Crippen LogP contribution in [-0.4, -0.2) is 92.1 Å². The lowest BCUT2D eigenvalue weighted by Crippen LogP contribution is -2.57. The minimum Gasteiger partial charge on any atom is -0.340 e. The van der Waals surface area contributed by atoms with Crippen molar-refractivity contribution in [2.45, 2.75) is 12.3 Å². The van der Waals surface area contributed by atoms with E-state index in [0.717, 1.165) is 24.0 Å². The molecule has 9 heteroatoms. The number of hydrogen-bond acceptors (Lipinski definition) is 4. The summed E-state index contributed by atoms with van der Waals surface area (Å²) in [5, 5.41) is 0. The highest BCUT2D eigenvalue weighted by Crippen LogP contribution is 2.49. The summed E-state index contributed by atoms with van der Waals surface area (Å²) in [7, 11) is -1.42. The molecule has 2 unspecified atom stereocenters. The summed E-state index contributed by atoms with van der Waals surface area (Å²) in [6, 6.07) is 8.14. The van der Waals surface area contributed by atoms with Crippen LogP contribution in [0.2, 0.25) is 0 Å². The van der Waals surface area contributed by atoms with Gasteiger partial charge in [0.05, 0.1) is 0 Å². The molecule has 7 nitrogen and oxygen atoms in total. The zero-order valence-corrected chi connectivity index (χ0v) is 18.5. The zero-order chi connectivity index (χ0) is 19.9. The summed E-state index contributed by atoms with van der Waals surface area (Å²) >= 11 is 3.49. The van der Waals surface area contributed by atoms with E-state index >= 15 is 0 Å². The fourth-order valence-electron chi connectivity index (χ4n) is 4.13. The molecule has 28 heavy (non-hydrogen) atoms. The maximum atomic E-state index is 12.9. The summed E-state index contributed by atoms with van der Waals surface area (Å²) in [5.74, 6) is 0.494. The number of amides is 1. The van der Waals surface area contributed by atoms with Crippen molar-refractivity contribution in [2.24, 2.45) is 5.92 Å². The van der Waals surface area contributed by atoms with Crippen molar-refractivity contribution in [1.29, 1.82) is 0 Å². The van der Waals surface area contributed by atoms with Gasteiger partial charge >= 0.3 is 0 Å². The molecule has 2 atom stereocenters. The first-order valence-corrected chi connectivity index (χ1v) is 12.0. The molecule has 2 saturated heterocycles. The summed E-state index contributed by atoms with van der Waals surface area (Å²) in [4.78, 5) is 16.8. The van der Waals surface area contributed by atoms with Crippen LogP contribution in [0, 0.1) is 5.92 Å². The molecule has 0 bridgehead atoms. The molecule has 0 spiro atoms. The Morgan fingerprint density at radius 2 is 1.61 bits per heavy atom. The average molecular weight is 471 g/mol. The highest BCUT2D eigenvalue weighted by Gasteiger charge is 2.46. The van der Waals surface area contributed by atoms with Crippen LogP contribution in [0.1, 0.15) is 17.9 Å². The average Bonchev–Trinajstić information content (AvgIpc) is 3.49. The Labute approximate surface area is 175 Å². The number of piperazine rings is 2. The Balaban J connectivity index is 1.31. The van der Waals surface area contributed by atoms with E-state index in [2.05, 4.69) is 33.0 Å². The molecular weight excluding hydrogens is 444 g/mol.